The van der Waals surface area contributed by atoms with Crippen LogP contribution in [0.3, 0.4) is 0 Å². The molecule has 19 heavy (non-hydrogen) atoms. The minimum absolute atomic E-state index is 0.0289. The minimum Gasteiger partial charge on any atom is -0.353 e. The van der Waals surface area contributed by atoms with Crippen molar-refractivity contribution in [1.29, 1.82) is 5.26 Å². The van der Waals surface area contributed by atoms with Crippen LogP contribution in [-0.4, -0.2) is 4.98 Å². The minimum atomic E-state index is -0.419. The average molecular weight is 317 g/mol. The predicted octanol–water partition coefficient (Wildman–Crippen LogP) is 4.80. The summed E-state index contributed by atoms with van der Waals surface area (Å²) in [5, 5.41) is 11.7. The summed E-state index contributed by atoms with van der Waals surface area (Å²) in [4.78, 5) is 3.74. The molecule has 2 rings (SSSR count). The second kappa shape index (κ2) is 5.62. The van der Waals surface area contributed by atoms with Gasteiger partial charge in [-0.2, -0.15) is 5.26 Å². The van der Waals surface area contributed by atoms with Gasteiger partial charge in [-0.3, -0.25) is 0 Å². The Labute approximate surface area is 123 Å². The standard InChI is InChI=1S/C12H5Cl3FN3/c13-9-8(5-17)19-12(15)10(14)11(9)18-7-3-1-2-6(16)4-7/h1-4H,(H,18,19). The highest BCUT2D eigenvalue weighted by Crippen LogP contribution is 2.38. The molecule has 0 saturated heterocycles. The Kier molecular flexibility index (Phi) is 4.11. The molecule has 3 nitrogen and oxygen atoms in total. The number of rotatable bonds is 2. The molecule has 0 saturated carbocycles. The largest absolute Gasteiger partial charge is 0.353 e. The summed E-state index contributed by atoms with van der Waals surface area (Å²) in [6.07, 6.45) is 0. The summed E-state index contributed by atoms with van der Waals surface area (Å²) in [6, 6.07) is 7.50. The van der Waals surface area contributed by atoms with Crippen molar-refractivity contribution in [2.75, 3.05) is 5.32 Å². The van der Waals surface area contributed by atoms with Gasteiger partial charge in [0.1, 0.15) is 21.9 Å². The van der Waals surface area contributed by atoms with Crippen molar-refractivity contribution in [2.45, 2.75) is 0 Å². The summed E-state index contributed by atoms with van der Waals surface area (Å²) in [6.45, 7) is 0. The van der Waals surface area contributed by atoms with Crippen molar-refractivity contribution >= 4 is 46.2 Å². The molecule has 0 fully saturated rings. The van der Waals surface area contributed by atoms with Crippen LogP contribution in [0.2, 0.25) is 15.2 Å². The van der Waals surface area contributed by atoms with Crippen LogP contribution >= 0.6 is 34.8 Å². The van der Waals surface area contributed by atoms with Crippen molar-refractivity contribution in [2.24, 2.45) is 0 Å². The maximum absolute atomic E-state index is 13.1. The van der Waals surface area contributed by atoms with Gasteiger partial charge in [0.15, 0.2) is 10.8 Å². The zero-order valence-electron chi connectivity index (χ0n) is 9.22. The first-order valence-corrected chi connectivity index (χ1v) is 6.13. The highest BCUT2D eigenvalue weighted by molar-refractivity contribution is 6.45. The Balaban J connectivity index is 2.51. The Bertz CT molecular complexity index is 683. The van der Waals surface area contributed by atoms with Crippen molar-refractivity contribution < 1.29 is 4.39 Å². The normalized spacial score (nSPS) is 10.1. The predicted molar refractivity (Wildman–Crippen MR) is 73.7 cm³/mol. The van der Waals surface area contributed by atoms with Gasteiger partial charge in [-0.05, 0) is 18.2 Å². The van der Waals surface area contributed by atoms with Gasteiger partial charge in [0.2, 0.25) is 0 Å². The molecule has 0 aliphatic rings. The molecule has 1 heterocycles. The lowest BCUT2D eigenvalue weighted by molar-refractivity contribution is 0.628. The van der Waals surface area contributed by atoms with Crippen molar-refractivity contribution in [3.63, 3.8) is 0 Å². The summed E-state index contributed by atoms with van der Waals surface area (Å²) in [5.41, 5.74) is 0.579. The molecule has 7 heteroatoms. The number of halogens is 4. The molecular weight excluding hydrogens is 312 g/mol. The molecule has 96 valence electrons. The second-order valence-corrected chi connectivity index (χ2v) is 4.62. The van der Waals surface area contributed by atoms with Gasteiger partial charge in [0.25, 0.3) is 0 Å². The Morgan fingerprint density at radius 3 is 2.58 bits per heavy atom. The molecule has 0 spiro atoms. The van der Waals surface area contributed by atoms with Gasteiger partial charge in [-0.25, -0.2) is 9.37 Å². The lowest BCUT2D eigenvalue weighted by Crippen LogP contribution is -1.97. The third-order valence-electron chi connectivity index (χ3n) is 2.24. The summed E-state index contributed by atoms with van der Waals surface area (Å²) in [7, 11) is 0. The van der Waals surface area contributed by atoms with Gasteiger partial charge in [-0.15, -0.1) is 0 Å². The third kappa shape index (κ3) is 2.90. The number of aromatic nitrogens is 1. The fourth-order valence-corrected chi connectivity index (χ4v) is 2.05. The van der Waals surface area contributed by atoms with Crippen LogP contribution in [0, 0.1) is 17.1 Å². The lowest BCUT2D eigenvalue weighted by Gasteiger charge is -2.12. The van der Waals surface area contributed by atoms with E-state index in [1.807, 2.05) is 0 Å². The maximum Gasteiger partial charge on any atom is 0.163 e. The zero-order chi connectivity index (χ0) is 14.0. The van der Waals surface area contributed by atoms with E-state index in [1.54, 1.807) is 12.1 Å². The summed E-state index contributed by atoms with van der Waals surface area (Å²) >= 11 is 17.8. The SMILES string of the molecule is N#Cc1nc(Cl)c(Cl)c(Nc2cccc(F)c2)c1Cl. The average Bonchev–Trinajstić information content (AvgIpc) is 2.39. The molecule has 0 radical (unpaired) electrons. The van der Waals surface area contributed by atoms with Gasteiger partial charge in [0.05, 0.1) is 5.69 Å². The summed E-state index contributed by atoms with van der Waals surface area (Å²) < 4.78 is 13.1. The van der Waals surface area contributed by atoms with E-state index in [1.165, 1.54) is 18.2 Å². The van der Waals surface area contributed by atoms with Crippen LogP contribution in [-0.2, 0) is 0 Å². The van der Waals surface area contributed by atoms with Gasteiger partial charge >= 0.3 is 0 Å². The quantitative estimate of drug-likeness (QED) is 0.810. The first-order chi connectivity index (χ1) is 9.02. The molecule has 0 unspecified atom stereocenters. The number of nitriles is 1. The number of pyridine rings is 1. The van der Waals surface area contributed by atoms with Crippen LogP contribution in [0.5, 0.6) is 0 Å². The number of benzene rings is 1. The fraction of sp³-hybridized carbons (Fsp3) is 0. The first-order valence-electron chi connectivity index (χ1n) is 5.00. The van der Waals surface area contributed by atoms with Crippen molar-refractivity contribution in [1.82, 2.24) is 4.98 Å². The fourth-order valence-electron chi connectivity index (χ4n) is 1.41. The van der Waals surface area contributed by atoms with E-state index in [-0.39, 0.29) is 26.6 Å². The van der Waals surface area contributed by atoms with Crippen LogP contribution in [0.1, 0.15) is 5.69 Å². The molecule has 1 N–H and O–H groups in total. The Hall–Kier alpha value is -1.54. The zero-order valence-corrected chi connectivity index (χ0v) is 11.5. The van der Waals surface area contributed by atoms with E-state index in [4.69, 9.17) is 40.1 Å². The molecule has 0 amide bonds. The van der Waals surface area contributed by atoms with Crippen LogP contribution < -0.4 is 5.32 Å². The van der Waals surface area contributed by atoms with Crippen LogP contribution in [0.4, 0.5) is 15.8 Å². The summed E-state index contributed by atoms with van der Waals surface area (Å²) in [5.74, 6) is -0.419. The Morgan fingerprint density at radius 2 is 1.95 bits per heavy atom. The number of anilines is 2. The van der Waals surface area contributed by atoms with E-state index in [0.717, 1.165) is 0 Å². The number of hydrogen-bond donors (Lipinski definition) is 1. The molecule has 0 aliphatic carbocycles. The van der Waals surface area contributed by atoms with Gasteiger partial charge in [-0.1, -0.05) is 40.9 Å². The smallest absolute Gasteiger partial charge is 0.163 e. The molecular formula is C12H5Cl3FN3. The van der Waals surface area contributed by atoms with Crippen LogP contribution in [0.15, 0.2) is 24.3 Å². The third-order valence-corrected chi connectivity index (χ3v) is 3.34. The van der Waals surface area contributed by atoms with E-state index in [0.29, 0.717) is 5.69 Å². The highest BCUT2D eigenvalue weighted by Gasteiger charge is 2.16. The Morgan fingerprint density at radius 1 is 1.21 bits per heavy atom. The highest BCUT2D eigenvalue weighted by atomic mass is 35.5. The van der Waals surface area contributed by atoms with E-state index in [2.05, 4.69) is 10.3 Å². The first kappa shape index (κ1) is 13.9. The maximum atomic E-state index is 13.1. The van der Waals surface area contributed by atoms with E-state index >= 15 is 0 Å². The van der Waals surface area contributed by atoms with Gasteiger partial charge < -0.3 is 5.32 Å². The van der Waals surface area contributed by atoms with E-state index < -0.39 is 5.82 Å². The second-order valence-electron chi connectivity index (χ2n) is 3.50. The van der Waals surface area contributed by atoms with Gasteiger partial charge in [0, 0.05) is 5.69 Å². The van der Waals surface area contributed by atoms with Crippen LogP contribution in [0.25, 0.3) is 0 Å². The molecule has 0 atom stereocenters. The molecule has 2 aromatic rings. The lowest BCUT2D eigenvalue weighted by atomic mass is 10.2. The topological polar surface area (TPSA) is 48.7 Å². The monoisotopic (exact) mass is 315 g/mol. The number of hydrogen-bond acceptors (Lipinski definition) is 3. The van der Waals surface area contributed by atoms with E-state index in [9.17, 15) is 4.39 Å². The molecule has 1 aromatic carbocycles. The molecule has 0 aliphatic heterocycles. The van der Waals surface area contributed by atoms with Crippen molar-refractivity contribution in [3.05, 3.63) is 51.0 Å². The molecule has 1 aromatic heterocycles. The number of nitrogens with zero attached hydrogens (tertiary/aromatic N) is 2. The number of nitrogens with one attached hydrogen (secondary N) is 1. The van der Waals surface area contributed by atoms with Crippen molar-refractivity contribution in [3.8, 4) is 6.07 Å². The molecule has 0 bridgehead atoms.